The van der Waals surface area contributed by atoms with Gasteiger partial charge in [0.2, 0.25) is 0 Å². The van der Waals surface area contributed by atoms with Gasteiger partial charge in [0.15, 0.2) is 0 Å². The molecule has 1 aromatic carbocycles. The topological polar surface area (TPSA) is 29.9 Å². The molecule has 0 bridgehead atoms. The van der Waals surface area contributed by atoms with Gasteiger partial charge < -0.3 is 5.32 Å². The highest BCUT2D eigenvalue weighted by Crippen LogP contribution is 2.22. The fourth-order valence-electron chi connectivity index (χ4n) is 1.96. The molecule has 3 nitrogen and oxygen atoms in total. The molecule has 0 saturated carbocycles. The van der Waals surface area contributed by atoms with E-state index in [9.17, 15) is 0 Å². The van der Waals surface area contributed by atoms with E-state index in [1.807, 2.05) is 29.1 Å². The Morgan fingerprint density at radius 1 is 1.26 bits per heavy atom. The van der Waals surface area contributed by atoms with E-state index in [2.05, 4.69) is 43.4 Å². The Morgan fingerprint density at radius 3 is 2.63 bits per heavy atom. The molecule has 0 spiro atoms. The third-order valence-electron chi connectivity index (χ3n) is 3.17. The largest absolute Gasteiger partial charge is 0.306 e. The molecule has 102 valence electrons. The van der Waals surface area contributed by atoms with Crippen LogP contribution >= 0.6 is 11.6 Å². The van der Waals surface area contributed by atoms with E-state index in [1.165, 1.54) is 5.56 Å². The van der Waals surface area contributed by atoms with Gasteiger partial charge in [-0.2, -0.15) is 5.10 Å². The van der Waals surface area contributed by atoms with E-state index < -0.39 is 0 Å². The molecule has 1 N–H and O–H groups in total. The summed E-state index contributed by atoms with van der Waals surface area (Å²) in [5.41, 5.74) is 2.31. The highest BCUT2D eigenvalue weighted by Gasteiger charge is 2.09. The molecule has 1 heterocycles. The quantitative estimate of drug-likeness (QED) is 0.896. The van der Waals surface area contributed by atoms with Gasteiger partial charge >= 0.3 is 0 Å². The normalized spacial score (nSPS) is 12.9. The van der Waals surface area contributed by atoms with Gasteiger partial charge in [-0.05, 0) is 32.4 Å². The fourth-order valence-corrected chi connectivity index (χ4v) is 2.26. The van der Waals surface area contributed by atoms with Gasteiger partial charge in [-0.3, -0.25) is 4.68 Å². The van der Waals surface area contributed by atoms with Crippen LogP contribution in [0.4, 0.5) is 0 Å². The van der Waals surface area contributed by atoms with Crippen molar-refractivity contribution < 1.29 is 0 Å². The zero-order valence-corrected chi connectivity index (χ0v) is 12.4. The van der Waals surface area contributed by atoms with Crippen LogP contribution in [0, 0.1) is 0 Å². The lowest BCUT2D eigenvalue weighted by Crippen LogP contribution is -2.18. The summed E-state index contributed by atoms with van der Waals surface area (Å²) < 4.78 is 1.97. The molecule has 19 heavy (non-hydrogen) atoms. The molecule has 0 amide bonds. The molecule has 0 aliphatic rings. The SMILES string of the molecule is CC(C)n1cc(CN[C@H](C)c2ccccc2Cl)cn1. The van der Waals surface area contributed by atoms with Crippen molar-refractivity contribution in [1.29, 1.82) is 0 Å². The first kappa shape index (κ1) is 14.1. The zero-order chi connectivity index (χ0) is 13.8. The van der Waals surface area contributed by atoms with Crippen molar-refractivity contribution in [3.63, 3.8) is 0 Å². The van der Waals surface area contributed by atoms with E-state index in [-0.39, 0.29) is 6.04 Å². The van der Waals surface area contributed by atoms with E-state index in [0.717, 1.165) is 17.1 Å². The molecule has 0 radical (unpaired) electrons. The monoisotopic (exact) mass is 277 g/mol. The molecule has 4 heteroatoms. The number of rotatable bonds is 5. The predicted octanol–water partition coefficient (Wildman–Crippen LogP) is 3.97. The van der Waals surface area contributed by atoms with Crippen LogP contribution in [-0.2, 0) is 6.54 Å². The van der Waals surface area contributed by atoms with Crippen LogP contribution in [0.15, 0.2) is 36.7 Å². The Morgan fingerprint density at radius 2 is 2.00 bits per heavy atom. The lowest BCUT2D eigenvalue weighted by atomic mass is 10.1. The molecule has 2 aromatic rings. The second-order valence-electron chi connectivity index (χ2n) is 5.05. The highest BCUT2D eigenvalue weighted by atomic mass is 35.5. The molecular formula is C15H20ClN3. The van der Waals surface area contributed by atoms with Gasteiger partial charge in [0.1, 0.15) is 0 Å². The van der Waals surface area contributed by atoms with Crippen LogP contribution in [0.25, 0.3) is 0 Å². The second kappa shape index (κ2) is 6.22. The lowest BCUT2D eigenvalue weighted by molar-refractivity contribution is 0.530. The second-order valence-corrected chi connectivity index (χ2v) is 5.45. The van der Waals surface area contributed by atoms with Gasteiger partial charge in [-0.15, -0.1) is 0 Å². The minimum Gasteiger partial charge on any atom is -0.306 e. The Kier molecular flexibility index (Phi) is 4.61. The number of nitrogens with zero attached hydrogens (tertiary/aromatic N) is 2. The number of hydrogen-bond donors (Lipinski definition) is 1. The Hall–Kier alpha value is -1.32. The average molecular weight is 278 g/mol. The number of halogens is 1. The van der Waals surface area contributed by atoms with Crippen LogP contribution in [-0.4, -0.2) is 9.78 Å². The lowest BCUT2D eigenvalue weighted by Gasteiger charge is -2.15. The van der Waals surface area contributed by atoms with Crippen LogP contribution in [0.3, 0.4) is 0 Å². The molecule has 1 atom stereocenters. The van der Waals surface area contributed by atoms with Gasteiger partial charge in [0.25, 0.3) is 0 Å². The zero-order valence-electron chi connectivity index (χ0n) is 11.6. The summed E-state index contributed by atoms with van der Waals surface area (Å²) in [5.74, 6) is 0. The molecule has 0 unspecified atom stereocenters. The van der Waals surface area contributed by atoms with E-state index in [0.29, 0.717) is 6.04 Å². The molecule has 2 rings (SSSR count). The van der Waals surface area contributed by atoms with Gasteiger partial charge in [-0.25, -0.2) is 0 Å². The van der Waals surface area contributed by atoms with Crippen LogP contribution in [0.2, 0.25) is 5.02 Å². The van der Waals surface area contributed by atoms with Gasteiger partial charge in [-0.1, -0.05) is 29.8 Å². The molecule has 1 aromatic heterocycles. The molecule has 0 saturated heterocycles. The Balaban J connectivity index is 1.96. The van der Waals surface area contributed by atoms with Gasteiger partial charge in [0, 0.05) is 35.4 Å². The molecule has 0 aliphatic carbocycles. The third kappa shape index (κ3) is 3.58. The maximum atomic E-state index is 6.19. The summed E-state index contributed by atoms with van der Waals surface area (Å²) in [6, 6.07) is 8.55. The summed E-state index contributed by atoms with van der Waals surface area (Å²) in [6.07, 6.45) is 3.99. The predicted molar refractivity (Wildman–Crippen MR) is 79.3 cm³/mol. The van der Waals surface area contributed by atoms with Crippen molar-refractivity contribution >= 4 is 11.6 Å². The molecular weight excluding hydrogens is 258 g/mol. The number of benzene rings is 1. The van der Waals surface area contributed by atoms with Crippen molar-refractivity contribution in [3.05, 3.63) is 52.8 Å². The van der Waals surface area contributed by atoms with E-state index in [1.54, 1.807) is 0 Å². The Labute approximate surface area is 119 Å². The van der Waals surface area contributed by atoms with Crippen molar-refractivity contribution in [2.45, 2.75) is 39.4 Å². The maximum Gasteiger partial charge on any atom is 0.0534 e. The molecule has 0 fully saturated rings. The van der Waals surface area contributed by atoms with Crippen LogP contribution in [0.5, 0.6) is 0 Å². The van der Waals surface area contributed by atoms with E-state index in [4.69, 9.17) is 11.6 Å². The number of hydrogen-bond acceptors (Lipinski definition) is 2. The smallest absolute Gasteiger partial charge is 0.0534 e. The summed E-state index contributed by atoms with van der Waals surface area (Å²) in [7, 11) is 0. The minimum atomic E-state index is 0.219. The first-order valence-electron chi connectivity index (χ1n) is 6.58. The molecule has 0 aliphatic heterocycles. The first-order chi connectivity index (χ1) is 9.08. The number of nitrogens with one attached hydrogen (secondary N) is 1. The summed E-state index contributed by atoms with van der Waals surface area (Å²) in [6.45, 7) is 7.15. The first-order valence-corrected chi connectivity index (χ1v) is 6.96. The van der Waals surface area contributed by atoms with Crippen molar-refractivity contribution in [2.75, 3.05) is 0 Å². The van der Waals surface area contributed by atoms with Crippen molar-refractivity contribution in [2.24, 2.45) is 0 Å². The van der Waals surface area contributed by atoms with Crippen molar-refractivity contribution in [1.82, 2.24) is 15.1 Å². The highest BCUT2D eigenvalue weighted by molar-refractivity contribution is 6.31. The Bertz CT molecular complexity index is 534. The maximum absolute atomic E-state index is 6.19. The minimum absolute atomic E-state index is 0.219. The van der Waals surface area contributed by atoms with Gasteiger partial charge in [0.05, 0.1) is 6.20 Å². The van der Waals surface area contributed by atoms with Crippen LogP contribution in [0.1, 0.15) is 44.0 Å². The third-order valence-corrected chi connectivity index (χ3v) is 3.51. The average Bonchev–Trinajstić information content (AvgIpc) is 2.85. The van der Waals surface area contributed by atoms with Crippen molar-refractivity contribution in [3.8, 4) is 0 Å². The number of aromatic nitrogens is 2. The summed E-state index contributed by atoms with van der Waals surface area (Å²) >= 11 is 6.19. The fraction of sp³-hybridized carbons (Fsp3) is 0.400. The standard InChI is InChI=1S/C15H20ClN3/c1-11(2)19-10-13(9-18-19)8-17-12(3)14-6-4-5-7-15(14)16/h4-7,9-12,17H,8H2,1-3H3/t12-/m1/s1. The summed E-state index contributed by atoms with van der Waals surface area (Å²) in [4.78, 5) is 0. The summed E-state index contributed by atoms with van der Waals surface area (Å²) in [5, 5.41) is 8.61. The van der Waals surface area contributed by atoms with Crippen LogP contribution < -0.4 is 5.32 Å². The van der Waals surface area contributed by atoms with E-state index >= 15 is 0 Å².